The van der Waals surface area contributed by atoms with E-state index in [-0.39, 0.29) is 6.10 Å². The Morgan fingerprint density at radius 3 is 3.00 bits per heavy atom. The molecule has 1 aliphatic carbocycles. The molecule has 0 spiro atoms. The highest BCUT2D eigenvalue weighted by Gasteiger charge is 2.29. The number of hydrogen-bond acceptors (Lipinski definition) is 5. The molecule has 1 aliphatic heterocycles. The Balaban J connectivity index is 1.77. The molecule has 0 saturated carbocycles. The van der Waals surface area contributed by atoms with Crippen molar-refractivity contribution in [1.29, 1.82) is 0 Å². The van der Waals surface area contributed by atoms with Gasteiger partial charge in [-0.05, 0) is 50.5 Å². The Kier molecular flexibility index (Phi) is 3.57. The van der Waals surface area contributed by atoms with Crippen LogP contribution in [0.1, 0.15) is 36.2 Å². The number of nitrogens with zero attached hydrogens (tertiary/aromatic N) is 4. The number of fused-ring (bicyclic) bond motifs is 2. The first-order valence-electron chi connectivity index (χ1n) is 9.10. The minimum Gasteiger partial charge on any atom is -0.391 e. The number of thiophene rings is 1. The van der Waals surface area contributed by atoms with Crippen molar-refractivity contribution in [2.75, 3.05) is 18.0 Å². The van der Waals surface area contributed by atoms with Crippen LogP contribution in [-0.4, -0.2) is 38.9 Å². The molecular weight excluding hydrogens is 332 g/mol. The van der Waals surface area contributed by atoms with Crippen LogP contribution in [0.15, 0.2) is 17.5 Å². The molecule has 25 heavy (non-hydrogen) atoms. The third kappa shape index (κ3) is 2.39. The van der Waals surface area contributed by atoms with Crippen LogP contribution >= 0.6 is 11.3 Å². The number of aliphatic hydroxyl groups excluding tert-OH is 1. The molecule has 3 aromatic rings. The lowest BCUT2D eigenvalue weighted by atomic mass is 10.1. The average Bonchev–Trinajstić information content (AvgIpc) is 3.31. The van der Waals surface area contributed by atoms with Crippen LogP contribution in [0, 0.1) is 6.92 Å². The van der Waals surface area contributed by atoms with E-state index in [1.165, 1.54) is 22.0 Å². The molecule has 0 radical (unpaired) electrons. The van der Waals surface area contributed by atoms with Gasteiger partial charge in [0, 0.05) is 29.2 Å². The fraction of sp³-hybridized carbons (Fsp3) is 0.474. The van der Waals surface area contributed by atoms with Gasteiger partial charge in [0.2, 0.25) is 0 Å². The van der Waals surface area contributed by atoms with Crippen LogP contribution in [-0.2, 0) is 12.8 Å². The Morgan fingerprint density at radius 2 is 2.20 bits per heavy atom. The molecule has 6 heteroatoms. The summed E-state index contributed by atoms with van der Waals surface area (Å²) in [6.07, 6.45) is 4.94. The molecule has 1 atom stereocenters. The Morgan fingerprint density at radius 1 is 1.28 bits per heavy atom. The van der Waals surface area contributed by atoms with E-state index in [4.69, 9.17) is 10.1 Å². The molecule has 0 aromatic carbocycles. The summed E-state index contributed by atoms with van der Waals surface area (Å²) in [6.45, 7) is 3.75. The largest absolute Gasteiger partial charge is 0.391 e. The minimum absolute atomic E-state index is 0.248. The monoisotopic (exact) mass is 354 g/mol. The Labute approximate surface area is 150 Å². The van der Waals surface area contributed by atoms with Crippen LogP contribution in [0.4, 0.5) is 5.82 Å². The lowest BCUT2D eigenvalue weighted by molar-refractivity contribution is 0.153. The van der Waals surface area contributed by atoms with E-state index in [1.807, 2.05) is 4.52 Å². The van der Waals surface area contributed by atoms with Gasteiger partial charge in [-0.1, -0.05) is 6.07 Å². The third-order valence-corrected chi connectivity index (χ3v) is 6.29. The van der Waals surface area contributed by atoms with Crippen LogP contribution < -0.4 is 4.90 Å². The number of rotatable bonds is 2. The van der Waals surface area contributed by atoms with E-state index in [0.29, 0.717) is 6.54 Å². The number of aliphatic hydroxyl groups is 1. The van der Waals surface area contributed by atoms with E-state index in [2.05, 4.69) is 29.3 Å². The van der Waals surface area contributed by atoms with Crippen molar-refractivity contribution in [2.45, 2.75) is 45.1 Å². The number of piperidine rings is 1. The van der Waals surface area contributed by atoms with E-state index in [0.717, 1.165) is 55.6 Å². The van der Waals surface area contributed by atoms with Crippen molar-refractivity contribution in [3.8, 4) is 10.4 Å². The molecule has 1 N–H and O–H groups in total. The van der Waals surface area contributed by atoms with E-state index in [9.17, 15) is 5.11 Å². The van der Waals surface area contributed by atoms with Crippen molar-refractivity contribution in [1.82, 2.24) is 14.6 Å². The Hall–Kier alpha value is -1.92. The van der Waals surface area contributed by atoms with Gasteiger partial charge in [-0.2, -0.15) is 9.61 Å². The molecule has 1 fully saturated rings. The quantitative estimate of drug-likeness (QED) is 0.768. The molecule has 5 nitrogen and oxygen atoms in total. The van der Waals surface area contributed by atoms with Gasteiger partial charge in [0.05, 0.1) is 17.4 Å². The maximum atomic E-state index is 10.2. The average molecular weight is 354 g/mol. The van der Waals surface area contributed by atoms with Crippen molar-refractivity contribution < 1.29 is 5.11 Å². The molecule has 1 unspecified atom stereocenters. The SMILES string of the molecule is Cc1nn2c(N3CCCC(O)C3)c3c(nc2c1-c1cccs1)CCC3. The molecule has 130 valence electrons. The highest BCUT2D eigenvalue weighted by atomic mass is 32.1. The van der Waals surface area contributed by atoms with Crippen LogP contribution in [0.2, 0.25) is 0 Å². The van der Waals surface area contributed by atoms with Crippen LogP contribution in [0.5, 0.6) is 0 Å². The van der Waals surface area contributed by atoms with Gasteiger partial charge in [0.25, 0.3) is 0 Å². The second-order valence-electron chi connectivity index (χ2n) is 7.13. The van der Waals surface area contributed by atoms with Gasteiger partial charge in [-0.25, -0.2) is 4.98 Å². The fourth-order valence-corrected chi connectivity index (χ4v) is 5.11. The summed E-state index contributed by atoms with van der Waals surface area (Å²) in [5, 5.41) is 17.2. The lowest BCUT2D eigenvalue weighted by Gasteiger charge is -2.33. The van der Waals surface area contributed by atoms with Gasteiger partial charge in [0.15, 0.2) is 5.65 Å². The van der Waals surface area contributed by atoms with E-state index in [1.54, 1.807) is 11.3 Å². The minimum atomic E-state index is -0.248. The van der Waals surface area contributed by atoms with Gasteiger partial charge in [-0.15, -0.1) is 11.3 Å². The summed E-state index contributed by atoms with van der Waals surface area (Å²) in [7, 11) is 0. The first kappa shape index (κ1) is 15.3. The Bertz CT molecular complexity index is 931. The standard InChI is InChI=1S/C19H22N4OS/c1-12-17(16-8-4-10-25-16)18-20-15-7-2-6-14(15)19(23(18)21-12)22-9-3-5-13(24)11-22/h4,8,10,13,24H,2-3,5-7,9,11H2,1H3. The molecule has 5 rings (SSSR count). The maximum Gasteiger partial charge on any atom is 0.166 e. The zero-order valence-electron chi connectivity index (χ0n) is 14.4. The number of anilines is 1. The molecule has 0 amide bonds. The number of aryl methyl sites for hydroxylation is 2. The number of β-amino-alcohol motifs (C(OH)–C–C–N with tert-alkyl or cyclic N) is 1. The maximum absolute atomic E-state index is 10.2. The summed E-state index contributed by atoms with van der Waals surface area (Å²) in [4.78, 5) is 8.58. The number of hydrogen-bond donors (Lipinski definition) is 1. The number of aromatic nitrogens is 3. The smallest absolute Gasteiger partial charge is 0.166 e. The predicted molar refractivity (Wildman–Crippen MR) is 101 cm³/mol. The van der Waals surface area contributed by atoms with Crippen LogP contribution in [0.3, 0.4) is 0 Å². The fourth-order valence-electron chi connectivity index (χ4n) is 4.29. The third-order valence-electron chi connectivity index (χ3n) is 5.40. The van der Waals surface area contributed by atoms with Gasteiger partial charge >= 0.3 is 0 Å². The van der Waals surface area contributed by atoms with E-state index >= 15 is 0 Å². The summed E-state index contributed by atoms with van der Waals surface area (Å²) in [5.74, 6) is 1.17. The van der Waals surface area contributed by atoms with Crippen molar-refractivity contribution in [3.05, 3.63) is 34.5 Å². The summed E-state index contributed by atoms with van der Waals surface area (Å²) in [5.41, 5.74) is 5.71. The highest BCUT2D eigenvalue weighted by Crippen LogP contribution is 2.37. The first-order valence-corrected chi connectivity index (χ1v) is 9.98. The van der Waals surface area contributed by atoms with E-state index < -0.39 is 0 Å². The predicted octanol–water partition coefficient (Wildman–Crippen LogP) is 3.22. The van der Waals surface area contributed by atoms with Crippen LogP contribution in [0.25, 0.3) is 16.1 Å². The molecule has 1 saturated heterocycles. The molecule has 3 aromatic heterocycles. The molecule has 4 heterocycles. The highest BCUT2D eigenvalue weighted by molar-refractivity contribution is 7.13. The lowest BCUT2D eigenvalue weighted by Crippen LogP contribution is -2.40. The van der Waals surface area contributed by atoms with Crippen molar-refractivity contribution >= 4 is 22.8 Å². The molecule has 0 bridgehead atoms. The zero-order valence-corrected chi connectivity index (χ0v) is 15.2. The summed E-state index contributed by atoms with van der Waals surface area (Å²) in [6, 6.07) is 4.23. The summed E-state index contributed by atoms with van der Waals surface area (Å²) < 4.78 is 2.05. The van der Waals surface area contributed by atoms with Gasteiger partial charge in [-0.3, -0.25) is 0 Å². The van der Waals surface area contributed by atoms with Crippen molar-refractivity contribution in [2.24, 2.45) is 0 Å². The van der Waals surface area contributed by atoms with Gasteiger partial charge in [0.1, 0.15) is 5.82 Å². The second kappa shape index (κ2) is 5.81. The molecule has 2 aliphatic rings. The molecular formula is C19H22N4OS. The first-order chi connectivity index (χ1) is 12.2. The summed E-state index contributed by atoms with van der Waals surface area (Å²) >= 11 is 1.74. The topological polar surface area (TPSA) is 53.7 Å². The van der Waals surface area contributed by atoms with Gasteiger partial charge < -0.3 is 10.0 Å². The normalized spacial score (nSPS) is 20.4. The van der Waals surface area contributed by atoms with Crippen molar-refractivity contribution in [3.63, 3.8) is 0 Å². The zero-order chi connectivity index (χ0) is 17.0. The second-order valence-corrected chi connectivity index (χ2v) is 8.08.